The van der Waals surface area contributed by atoms with Crippen LogP contribution in [0.15, 0.2) is 54.7 Å². The van der Waals surface area contributed by atoms with E-state index in [1.165, 1.54) is 17.0 Å². The van der Waals surface area contributed by atoms with E-state index in [1.54, 1.807) is 29.8 Å². The fourth-order valence-corrected chi connectivity index (χ4v) is 3.28. The van der Waals surface area contributed by atoms with Crippen LogP contribution in [0.5, 0.6) is 0 Å². The van der Waals surface area contributed by atoms with Crippen LogP contribution in [0.1, 0.15) is 16.1 Å². The predicted octanol–water partition coefficient (Wildman–Crippen LogP) is 3.77. The molecule has 5 heteroatoms. The highest BCUT2D eigenvalue weighted by Crippen LogP contribution is 2.22. The highest BCUT2D eigenvalue weighted by atomic mass is 19.1. The first-order valence-corrected chi connectivity index (χ1v) is 8.22. The molecule has 126 valence electrons. The molecule has 2 N–H and O–H groups in total. The zero-order valence-corrected chi connectivity index (χ0v) is 13.8. The van der Waals surface area contributed by atoms with Gasteiger partial charge in [-0.15, -0.1) is 0 Å². The molecule has 0 radical (unpaired) electrons. The quantitative estimate of drug-likeness (QED) is 0.586. The van der Waals surface area contributed by atoms with Crippen LogP contribution in [0.4, 0.5) is 4.39 Å². The summed E-state index contributed by atoms with van der Waals surface area (Å²) in [6.45, 7) is 0.519. The molecule has 2 aromatic heterocycles. The Balaban J connectivity index is 1.49. The Hall–Kier alpha value is -3.08. The van der Waals surface area contributed by atoms with Crippen molar-refractivity contribution in [2.24, 2.45) is 7.05 Å². The Bertz CT molecular complexity index is 1080. The molecule has 0 spiro atoms. The third-order valence-electron chi connectivity index (χ3n) is 4.62. The van der Waals surface area contributed by atoms with Crippen molar-refractivity contribution in [3.63, 3.8) is 0 Å². The first-order valence-electron chi connectivity index (χ1n) is 8.22. The van der Waals surface area contributed by atoms with Crippen LogP contribution in [-0.4, -0.2) is 22.0 Å². The molecule has 2 heterocycles. The van der Waals surface area contributed by atoms with E-state index < -0.39 is 0 Å². The summed E-state index contributed by atoms with van der Waals surface area (Å²) in [6.07, 6.45) is 2.71. The number of rotatable bonds is 4. The van der Waals surface area contributed by atoms with Gasteiger partial charge in [0.25, 0.3) is 5.91 Å². The number of aromatic amines is 1. The maximum absolute atomic E-state index is 13.9. The second-order valence-electron chi connectivity index (χ2n) is 6.13. The van der Waals surface area contributed by atoms with Gasteiger partial charge in [0.05, 0.1) is 5.52 Å². The standard InChI is InChI=1S/C20H18FN3O/c1-24-18-8-4-6-16(21)15(18)11-19(24)20(25)22-10-9-13-12-23-17-7-3-2-5-14(13)17/h2-8,11-12,23H,9-10H2,1H3,(H,22,25). The number of carbonyl (C=O) groups excluding carboxylic acids is 1. The number of aryl methyl sites for hydroxylation is 1. The van der Waals surface area contributed by atoms with E-state index in [4.69, 9.17) is 0 Å². The van der Waals surface area contributed by atoms with E-state index in [1.807, 2.05) is 24.4 Å². The molecule has 25 heavy (non-hydrogen) atoms. The normalized spacial score (nSPS) is 11.3. The van der Waals surface area contributed by atoms with Crippen LogP contribution in [0.3, 0.4) is 0 Å². The van der Waals surface area contributed by atoms with Crippen LogP contribution in [0, 0.1) is 5.82 Å². The van der Waals surface area contributed by atoms with Crippen LogP contribution < -0.4 is 5.32 Å². The number of hydrogen-bond donors (Lipinski definition) is 2. The number of nitrogens with one attached hydrogen (secondary N) is 2. The third-order valence-corrected chi connectivity index (χ3v) is 4.62. The molecule has 0 aliphatic carbocycles. The number of aromatic nitrogens is 2. The average Bonchev–Trinajstić information content (AvgIpc) is 3.18. The SMILES string of the molecule is Cn1c(C(=O)NCCc2c[nH]c3ccccc23)cc2c(F)cccc21. The van der Waals surface area contributed by atoms with Crippen molar-refractivity contribution >= 4 is 27.7 Å². The van der Waals surface area contributed by atoms with Crippen molar-refractivity contribution in [2.45, 2.75) is 6.42 Å². The summed E-state index contributed by atoms with van der Waals surface area (Å²) in [7, 11) is 1.77. The number of H-pyrrole nitrogens is 1. The Morgan fingerprint density at radius 2 is 2.00 bits per heavy atom. The van der Waals surface area contributed by atoms with E-state index in [9.17, 15) is 9.18 Å². The van der Waals surface area contributed by atoms with Gasteiger partial charge in [0.1, 0.15) is 11.5 Å². The summed E-state index contributed by atoms with van der Waals surface area (Å²) in [5, 5.41) is 4.56. The van der Waals surface area contributed by atoms with Gasteiger partial charge in [-0.2, -0.15) is 0 Å². The van der Waals surface area contributed by atoms with Crippen molar-refractivity contribution in [2.75, 3.05) is 6.54 Å². The number of amides is 1. The summed E-state index contributed by atoms with van der Waals surface area (Å²) >= 11 is 0. The monoisotopic (exact) mass is 335 g/mol. The van der Waals surface area contributed by atoms with Gasteiger partial charge in [-0.3, -0.25) is 4.79 Å². The molecule has 4 aromatic rings. The molecule has 0 atom stereocenters. The lowest BCUT2D eigenvalue weighted by molar-refractivity contribution is 0.0946. The predicted molar refractivity (Wildman–Crippen MR) is 97.2 cm³/mol. The van der Waals surface area contributed by atoms with E-state index in [-0.39, 0.29) is 11.7 Å². The molecule has 0 fully saturated rings. The summed E-state index contributed by atoms with van der Waals surface area (Å²) in [4.78, 5) is 15.7. The fraction of sp³-hybridized carbons (Fsp3) is 0.150. The fourth-order valence-electron chi connectivity index (χ4n) is 3.28. The molecule has 0 saturated carbocycles. The zero-order chi connectivity index (χ0) is 17.4. The molecule has 0 aliphatic heterocycles. The molecular formula is C20H18FN3O. The van der Waals surface area contributed by atoms with Crippen molar-refractivity contribution in [3.05, 3.63) is 71.8 Å². The number of fused-ring (bicyclic) bond motifs is 2. The molecule has 0 aliphatic rings. The van der Waals surface area contributed by atoms with E-state index in [2.05, 4.69) is 16.4 Å². The summed E-state index contributed by atoms with van der Waals surface area (Å²) < 4.78 is 15.6. The van der Waals surface area contributed by atoms with Gasteiger partial charge in [0.2, 0.25) is 0 Å². The van der Waals surface area contributed by atoms with Crippen molar-refractivity contribution in [3.8, 4) is 0 Å². The van der Waals surface area contributed by atoms with Crippen LogP contribution >= 0.6 is 0 Å². The molecule has 2 aromatic carbocycles. The first-order chi connectivity index (χ1) is 12.1. The minimum Gasteiger partial charge on any atom is -0.361 e. The number of carbonyl (C=O) groups is 1. The van der Waals surface area contributed by atoms with Crippen LogP contribution in [0.2, 0.25) is 0 Å². The maximum atomic E-state index is 13.9. The molecule has 0 saturated heterocycles. The van der Waals surface area contributed by atoms with Gasteiger partial charge < -0.3 is 14.9 Å². The van der Waals surface area contributed by atoms with Gasteiger partial charge >= 0.3 is 0 Å². The molecule has 0 unspecified atom stereocenters. The number of benzene rings is 2. The third kappa shape index (κ3) is 2.67. The smallest absolute Gasteiger partial charge is 0.267 e. The van der Waals surface area contributed by atoms with E-state index >= 15 is 0 Å². The van der Waals surface area contributed by atoms with Crippen LogP contribution in [0.25, 0.3) is 21.8 Å². The largest absolute Gasteiger partial charge is 0.361 e. The van der Waals surface area contributed by atoms with Gasteiger partial charge in [0.15, 0.2) is 0 Å². The van der Waals surface area contributed by atoms with Gasteiger partial charge in [-0.05, 0) is 36.2 Å². The minimum absolute atomic E-state index is 0.196. The first kappa shape index (κ1) is 15.4. The lowest BCUT2D eigenvalue weighted by atomic mass is 10.1. The van der Waals surface area contributed by atoms with Gasteiger partial charge in [-0.1, -0.05) is 24.3 Å². The minimum atomic E-state index is -0.314. The number of halogens is 1. The van der Waals surface area contributed by atoms with E-state index in [0.29, 0.717) is 23.1 Å². The van der Waals surface area contributed by atoms with Crippen LogP contribution in [-0.2, 0) is 13.5 Å². The number of nitrogens with zero attached hydrogens (tertiary/aromatic N) is 1. The molecule has 0 bridgehead atoms. The van der Waals surface area contributed by atoms with E-state index in [0.717, 1.165) is 11.9 Å². The lowest BCUT2D eigenvalue weighted by Crippen LogP contribution is -2.27. The molecule has 4 nitrogen and oxygen atoms in total. The summed E-state index contributed by atoms with van der Waals surface area (Å²) in [5.41, 5.74) is 3.42. The van der Waals surface area contributed by atoms with Gasteiger partial charge in [-0.25, -0.2) is 4.39 Å². The molecule has 4 rings (SSSR count). The van der Waals surface area contributed by atoms with Crippen molar-refractivity contribution < 1.29 is 9.18 Å². The van der Waals surface area contributed by atoms with Crippen molar-refractivity contribution in [1.29, 1.82) is 0 Å². The maximum Gasteiger partial charge on any atom is 0.267 e. The highest BCUT2D eigenvalue weighted by Gasteiger charge is 2.15. The number of hydrogen-bond acceptors (Lipinski definition) is 1. The van der Waals surface area contributed by atoms with Gasteiger partial charge in [0, 0.05) is 36.1 Å². The average molecular weight is 335 g/mol. The summed E-state index contributed by atoms with van der Waals surface area (Å²) in [5.74, 6) is -0.510. The molecular weight excluding hydrogens is 317 g/mol. The second kappa shape index (κ2) is 6.09. The second-order valence-corrected chi connectivity index (χ2v) is 6.13. The lowest BCUT2D eigenvalue weighted by Gasteiger charge is -2.06. The molecule has 1 amide bonds. The zero-order valence-electron chi connectivity index (χ0n) is 13.8. The highest BCUT2D eigenvalue weighted by molar-refractivity contribution is 5.98. The Kier molecular flexibility index (Phi) is 3.76. The Labute approximate surface area is 144 Å². The summed E-state index contributed by atoms with van der Waals surface area (Å²) in [6, 6.07) is 14.5. The number of para-hydroxylation sites is 1. The topological polar surface area (TPSA) is 49.8 Å². The van der Waals surface area contributed by atoms with Crippen molar-refractivity contribution in [1.82, 2.24) is 14.9 Å². The Morgan fingerprint density at radius 1 is 1.16 bits per heavy atom. The Morgan fingerprint density at radius 3 is 2.84 bits per heavy atom.